The number of amides is 2. The van der Waals surface area contributed by atoms with Gasteiger partial charge in [-0.3, -0.25) is 9.59 Å². The molecule has 6 heteroatoms. The highest BCUT2D eigenvalue weighted by Crippen LogP contribution is 2.23. The molecule has 2 aromatic carbocycles. The van der Waals surface area contributed by atoms with Crippen LogP contribution in [0.15, 0.2) is 77.8 Å². The maximum absolute atomic E-state index is 13.1. The minimum absolute atomic E-state index is 0.201. The van der Waals surface area contributed by atoms with Gasteiger partial charge in [0.2, 0.25) is 0 Å². The lowest BCUT2D eigenvalue weighted by Crippen LogP contribution is -2.36. The van der Waals surface area contributed by atoms with E-state index in [1.807, 2.05) is 30.5 Å². The molecule has 1 aromatic heterocycles. The fourth-order valence-electron chi connectivity index (χ4n) is 3.94. The third-order valence-corrected chi connectivity index (χ3v) is 6.64. The normalized spacial score (nSPS) is 15.1. The number of carbonyl (C=O) groups is 2. The van der Waals surface area contributed by atoms with Crippen molar-refractivity contribution in [1.82, 2.24) is 10.6 Å². The van der Waals surface area contributed by atoms with Crippen molar-refractivity contribution in [2.24, 2.45) is 0 Å². The summed E-state index contributed by atoms with van der Waals surface area (Å²) in [6.45, 7) is 4.16. The van der Waals surface area contributed by atoms with Crippen molar-refractivity contribution in [2.45, 2.75) is 32.2 Å². The molecule has 2 heterocycles. The first-order valence-electron chi connectivity index (χ1n) is 11.4. The lowest BCUT2D eigenvalue weighted by atomic mass is 10.1. The summed E-state index contributed by atoms with van der Waals surface area (Å²) >= 11 is 1.51. The molecule has 1 aliphatic rings. The number of benzene rings is 2. The van der Waals surface area contributed by atoms with Crippen molar-refractivity contribution < 1.29 is 9.59 Å². The summed E-state index contributed by atoms with van der Waals surface area (Å²) in [6, 6.07) is 20.9. The number of rotatable bonds is 7. The van der Waals surface area contributed by atoms with Crippen molar-refractivity contribution in [3.63, 3.8) is 0 Å². The molecule has 1 saturated heterocycles. The Morgan fingerprint density at radius 2 is 1.67 bits per heavy atom. The molecule has 5 nitrogen and oxygen atoms in total. The summed E-state index contributed by atoms with van der Waals surface area (Å²) in [5.41, 5.74) is 2.98. The van der Waals surface area contributed by atoms with E-state index in [2.05, 4.69) is 39.8 Å². The molecular formula is C27H29N3O2S. The Kier molecular flexibility index (Phi) is 7.58. The van der Waals surface area contributed by atoms with E-state index in [1.54, 1.807) is 30.3 Å². The maximum Gasteiger partial charge on any atom is 0.268 e. The van der Waals surface area contributed by atoms with E-state index in [1.165, 1.54) is 36.3 Å². The predicted octanol–water partition coefficient (Wildman–Crippen LogP) is 5.39. The second kappa shape index (κ2) is 11.0. The van der Waals surface area contributed by atoms with Gasteiger partial charge in [-0.25, -0.2) is 0 Å². The van der Waals surface area contributed by atoms with Gasteiger partial charge in [0.25, 0.3) is 11.8 Å². The minimum atomic E-state index is -0.319. The average molecular weight is 460 g/mol. The molecule has 0 aliphatic carbocycles. The van der Waals surface area contributed by atoms with Crippen LogP contribution in [0.1, 0.15) is 53.0 Å². The Morgan fingerprint density at radius 1 is 0.939 bits per heavy atom. The number of hydrogen-bond donors (Lipinski definition) is 2. The third-order valence-electron chi connectivity index (χ3n) is 5.82. The Bertz CT molecular complexity index is 1090. The molecule has 1 fully saturated rings. The van der Waals surface area contributed by atoms with Gasteiger partial charge in [0.05, 0.1) is 6.04 Å². The maximum atomic E-state index is 13.1. The molecule has 3 aromatic rings. The number of thiophene rings is 1. The highest BCUT2D eigenvalue weighted by atomic mass is 32.1. The van der Waals surface area contributed by atoms with Crippen molar-refractivity contribution in [1.29, 1.82) is 0 Å². The van der Waals surface area contributed by atoms with Crippen LogP contribution in [0.2, 0.25) is 0 Å². The molecule has 1 atom stereocenters. The molecule has 0 saturated carbocycles. The number of anilines is 1. The first-order chi connectivity index (χ1) is 16.1. The zero-order valence-electron chi connectivity index (χ0n) is 18.8. The summed E-state index contributed by atoms with van der Waals surface area (Å²) < 4.78 is 0. The largest absolute Gasteiger partial charge is 0.372 e. The molecule has 1 aliphatic heterocycles. The molecule has 0 radical (unpaired) electrons. The van der Waals surface area contributed by atoms with Crippen LogP contribution in [0.4, 0.5) is 5.69 Å². The molecule has 33 heavy (non-hydrogen) atoms. The average Bonchev–Trinajstić information content (AvgIpc) is 3.38. The first-order valence-corrected chi connectivity index (χ1v) is 12.3. The van der Waals surface area contributed by atoms with E-state index in [0.29, 0.717) is 5.56 Å². The van der Waals surface area contributed by atoms with Gasteiger partial charge in [-0.2, -0.15) is 0 Å². The van der Waals surface area contributed by atoms with Gasteiger partial charge in [0.1, 0.15) is 5.70 Å². The van der Waals surface area contributed by atoms with Gasteiger partial charge >= 0.3 is 0 Å². The number of piperidine rings is 1. The first kappa shape index (κ1) is 22.8. The van der Waals surface area contributed by atoms with Crippen molar-refractivity contribution >= 4 is 34.9 Å². The highest BCUT2D eigenvalue weighted by Gasteiger charge is 2.18. The van der Waals surface area contributed by atoms with E-state index in [-0.39, 0.29) is 23.6 Å². The number of nitrogens with one attached hydrogen (secondary N) is 2. The monoisotopic (exact) mass is 459 g/mol. The summed E-state index contributed by atoms with van der Waals surface area (Å²) in [5, 5.41) is 7.76. The quantitative estimate of drug-likeness (QED) is 0.466. The Hall–Kier alpha value is -3.38. The van der Waals surface area contributed by atoms with Gasteiger partial charge in [0.15, 0.2) is 0 Å². The highest BCUT2D eigenvalue weighted by molar-refractivity contribution is 7.10. The van der Waals surface area contributed by atoms with E-state index in [0.717, 1.165) is 23.5 Å². The number of hydrogen-bond acceptors (Lipinski definition) is 4. The Morgan fingerprint density at radius 3 is 2.33 bits per heavy atom. The standard InChI is InChI=1S/C27H29N3O2S/c1-20(21-12-14-23(15-13-21)30-16-6-3-7-17-30)28-27(32)25(19-24-11-8-18-33-24)29-26(31)22-9-4-2-5-10-22/h2,4-5,8-15,18-20H,3,6-7,16-17H2,1H3,(H,28,32)(H,29,31)/b25-19-/t20-/m1/s1. The minimum Gasteiger partial charge on any atom is -0.372 e. The summed E-state index contributed by atoms with van der Waals surface area (Å²) in [5.74, 6) is -0.632. The van der Waals surface area contributed by atoms with Gasteiger partial charge in [-0.1, -0.05) is 36.4 Å². The zero-order valence-corrected chi connectivity index (χ0v) is 19.6. The fourth-order valence-corrected chi connectivity index (χ4v) is 4.60. The van der Waals surface area contributed by atoms with Crippen LogP contribution in [0.5, 0.6) is 0 Å². The molecule has 0 unspecified atom stereocenters. The van der Waals surface area contributed by atoms with Gasteiger partial charge in [-0.05, 0) is 73.5 Å². The summed E-state index contributed by atoms with van der Waals surface area (Å²) in [7, 11) is 0. The molecule has 2 N–H and O–H groups in total. The predicted molar refractivity (Wildman–Crippen MR) is 135 cm³/mol. The summed E-state index contributed by atoms with van der Waals surface area (Å²) in [6.07, 6.45) is 5.50. The Balaban J connectivity index is 1.46. The van der Waals surface area contributed by atoms with E-state index in [4.69, 9.17) is 0 Å². The van der Waals surface area contributed by atoms with Crippen LogP contribution in [-0.4, -0.2) is 24.9 Å². The van der Waals surface area contributed by atoms with Crippen molar-refractivity contribution in [3.8, 4) is 0 Å². The van der Waals surface area contributed by atoms with E-state index >= 15 is 0 Å². The lowest BCUT2D eigenvalue weighted by Gasteiger charge is -2.29. The van der Waals surface area contributed by atoms with Crippen LogP contribution < -0.4 is 15.5 Å². The van der Waals surface area contributed by atoms with Crippen LogP contribution in [0.3, 0.4) is 0 Å². The molecule has 4 rings (SSSR count). The van der Waals surface area contributed by atoms with Crippen LogP contribution >= 0.6 is 11.3 Å². The van der Waals surface area contributed by atoms with Gasteiger partial charge in [-0.15, -0.1) is 11.3 Å². The fraction of sp³-hybridized carbons (Fsp3) is 0.259. The van der Waals surface area contributed by atoms with E-state index in [9.17, 15) is 9.59 Å². The smallest absolute Gasteiger partial charge is 0.268 e. The topological polar surface area (TPSA) is 61.4 Å². The zero-order chi connectivity index (χ0) is 23.0. The van der Waals surface area contributed by atoms with Crippen LogP contribution in [-0.2, 0) is 4.79 Å². The second-order valence-electron chi connectivity index (χ2n) is 8.23. The molecular weight excluding hydrogens is 430 g/mol. The lowest BCUT2D eigenvalue weighted by molar-refractivity contribution is -0.118. The summed E-state index contributed by atoms with van der Waals surface area (Å²) in [4.78, 5) is 29.1. The molecule has 170 valence electrons. The SMILES string of the molecule is C[C@@H](NC(=O)/C(=C/c1cccs1)NC(=O)c1ccccc1)c1ccc(N2CCCCC2)cc1. The van der Waals surface area contributed by atoms with Crippen LogP contribution in [0, 0.1) is 0 Å². The van der Waals surface area contributed by atoms with Gasteiger partial charge in [0, 0.05) is 29.2 Å². The number of carbonyl (C=O) groups excluding carboxylic acids is 2. The molecule has 2 amide bonds. The number of nitrogens with zero attached hydrogens (tertiary/aromatic N) is 1. The molecule has 0 spiro atoms. The second-order valence-corrected chi connectivity index (χ2v) is 9.21. The van der Waals surface area contributed by atoms with Crippen LogP contribution in [0.25, 0.3) is 6.08 Å². The van der Waals surface area contributed by atoms with Crippen molar-refractivity contribution in [2.75, 3.05) is 18.0 Å². The Labute approximate surface area is 199 Å². The van der Waals surface area contributed by atoms with Gasteiger partial charge < -0.3 is 15.5 Å². The molecule has 0 bridgehead atoms. The third kappa shape index (κ3) is 6.11. The van der Waals surface area contributed by atoms with Crippen molar-refractivity contribution in [3.05, 3.63) is 93.8 Å². The van der Waals surface area contributed by atoms with E-state index < -0.39 is 0 Å².